The van der Waals surface area contributed by atoms with E-state index in [9.17, 15) is 4.79 Å². The SMILES string of the molecule is O=C1N(P)c2ccccc2[C@@]12CCC=C1CCCC[C@H]12. The maximum Gasteiger partial charge on any atom is 0.241 e. The van der Waals surface area contributed by atoms with Gasteiger partial charge in [-0.05, 0) is 59.0 Å². The monoisotopic (exact) mass is 285 g/mol. The molecule has 2 aliphatic carbocycles. The average molecular weight is 285 g/mol. The van der Waals surface area contributed by atoms with Gasteiger partial charge in [-0.25, -0.2) is 0 Å². The predicted molar refractivity (Wildman–Crippen MR) is 84.6 cm³/mol. The van der Waals surface area contributed by atoms with Crippen LogP contribution >= 0.6 is 9.39 Å². The minimum absolute atomic E-state index is 0.275. The number of para-hydroxylation sites is 1. The van der Waals surface area contributed by atoms with Crippen molar-refractivity contribution in [1.82, 2.24) is 0 Å². The first-order chi connectivity index (χ1) is 9.75. The van der Waals surface area contributed by atoms with E-state index >= 15 is 0 Å². The Morgan fingerprint density at radius 1 is 1.25 bits per heavy atom. The highest BCUT2D eigenvalue weighted by Crippen LogP contribution is 2.56. The van der Waals surface area contributed by atoms with Gasteiger partial charge in [0.2, 0.25) is 5.91 Å². The first-order valence-corrected chi connectivity index (χ1v) is 8.14. The molecule has 1 spiro atoms. The molecule has 20 heavy (non-hydrogen) atoms. The van der Waals surface area contributed by atoms with Crippen LogP contribution in [0.2, 0.25) is 0 Å². The zero-order valence-electron chi connectivity index (χ0n) is 11.6. The lowest BCUT2D eigenvalue weighted by Crippen LogP contribution is -2.46. The molecule has 1 aliphatic heterocycles. The van der Waals surface area contributed by atoms with E-state index in [4.69, 9.17) is 0 Å². The summed E-state index contributed by atoms with van der Waals surface area (Å²) in [5.74, 6) is 0.727. The molecule has 3 heteroatoms. The molecule has 1 heterocycles. The lowest BCUT2D eigenvalue weighted by molar-refractivity contribution is -0.124. The molecule has 0 bridgehead atoms. The summed E-state index contributed by atoms with van der Waals surface area (Å²) in [7, 11) is 2.63. The van der Waals surface area contributed by atoms with Gasteiger partial charge in [0.1, 0.15) is 0 Å². The van der Waals surface area contributed by atoms with Crippen LogP contribution in [0.4, 0.5) is 5.69 Å². The van der Waals surface area contributed by atoms with E-state index in [0.717, 1.165) is 18.5 Å². The quantitative estimate of drug-likeness (QED) is 0.521. The summed E-state index contributed by atoms with van der Waals surface area (Å²) in [5.41, 5.74) is 3.63. The Balaban J connectivity index is 1.92. The zero-order chi connectivity index (χ0) is 13.7. The van der Waals surface area contributed by atoms with Crippen LogP contribution < -0.4 is 4.67 Å². The summed E-state index contributed by atoms with van der Waals surface area (Å²) >= 11 is 0. The van der Waals surface area contributed by atoms with Crippen molar-refractivity contribution in [2.45, 2.75) is 43.9 Å². The summed E-state index contributed by atoms with van der Waals surface area (Å²) in [6, 6.07) is 8.37. The number of nitrogens with zero attached hydrogens (tertiary/aromatic N) is 1. The van der Waals surface area contributed by atoms with Crippen molar-refractivity contribution in [3.63, 3.8) is 0 Å². The highest BCUT2D eigenvalue weighted by Gasteiger charge is 2.56. The third-order valence-electron chi connectivity index (χ3n) is 5.44. The average Bonchev–Trinajstić information content (AvgIpc) is 2.72. The van der Waals surface area contributed by atoms with Crippen molar-refractivity contribution in [1.29, 1.82) is 0 Å². The van der Waals surface area contributed by atoms with Crippen molar-refractivity contribution in [2.24, 2.45) is 5.92 Å². The molecule has 0 radical (unpaired) electrons. The van der Waals surface area contributed by atoms with Crippen LogP contribution in [0.15, 0.2) is 35.9 Å². The summed E-state index contributed by atoms with van der Waals surface area (Å²) < 4.78 is 1.81. The van der Waals surface area contributed by atoms with Gasteiger partial charge in [0.25, 0.3) is 0 Å². The Labute approximate surface area is 122 Å². The van der Waals surface area contributed by atoms with Crippen molar-refractivity contribution in [2.75, 3.05) is 4.67 Å². The zero-order valence-corrected chi connectivity index (χ0v) is 12.8. The van der Waals surface area contributed by atoms with E-state index in [1.54, 1.807) is 5.57 Å². The van der Waals surface area contributed by atoms with E-state index in [0.29, 0.717) is 11.8 Å². The molecule has 1 fully saturated rings. The Bertz CT molecular complexity index is 609. The lowest BCUT2D eigenvalue weighted by Gasteiger charge is -2.43. The minimum atomic E-state index is -0.275. The standard InChI is InChI=1S/C17H20NOP/c19-16-17(14-9-3-4-10-15(14)18(16)20)11-5-7-12-6-1-2-8-13(12)17/h3-4,7,9-10,13H,1-2,5-6,8,11,20H2/t13-,17+/m1/s1. The van der Waals surface area contributed by atoms with Gasteiger partial charge < -0.3 is 0 Å². The topological polar surface area (TPSA) is 20.3 Å². The second kappa shape index (κ2) is 4.43. The van der Waals surface area contributed by atoms with Crippen LogP contribution in [0, 0.1) is 5.92 Å². The summed E-state index contributed by atoms with van der Waals surface area (Å²) in [4.78, 5) is 13.1. The molecule has 3 atom stereocenters. The molecule has 4 rings (SSSR count). The van der Waals surface area contributed by atoms with Crippen LogP contribution in [0.25, 0.3) is 0 Å². The fourth-order valence-electron chi connectivity index (χ4n) is 4.58. The third kappa shape index (κ3) is 1.46. The van der Waals surface area contributed by atoms with Gasteiger partial charge >= 0.3 is 0 Å². The highest BCUT2D eigenvalue weighted by molar-refractivity contribution is 7.21. The number of anilines is 1. The van der Waals surface area contributed by atoms with Gasteiger partial charge in [-0.1, -0.05) is 36.3 Å². The molecule has 0 saturated heterocycles. The number of hydrogen-bond donors (Lipinski definition) is 0. The second-order valence-electron chi connectivity index (χ2n) is 6.28. The second-order valence-corrected chi connectivity index (χ2v) is 6.80. The third-order valence-corrected chi connectivity index (χ3v) is 5.95. The highest BCUT2D eigenvalue weighted by atomic mass is 31.0. The van der Waals surface area contributed by atoms with E-state index < -0.39 is 0 Å². The Kier molecular flexibility index (Phi) is 2.79. The van der Waals surface area contributed by atoms with Gasteiger partial charge in [0.15, 0.2) is 0 Å². The lowest BCUT2D eigenvalue weighted by atomic mass is 9.59. The largest absolute Gasteiger partial charge is 0.296 e. The molecule has 0 N–H and O–H groups in total. The van der Waals surface area contributed by atoms with Gasteiger partial charge in [-0.3, -0.25) is 9.46 Å². The Morgan fingerprint density at radius 3 is 3.00 bits per heavy atom. The predicted octanol–water partition coefficient (Wildman–Crippen LogP) is 3.97. The number of rotatable bonds is 0. The van der Waals surface area contributed by atoms with Crippen LogP contribution in [-0.4, -0.2) is 5.91 Å². The molecule has 2 nitrogen and oxygen atoms in total. The summed E-state index contributed by atoms with van der Waals surface area (Å²) in [5, 5.41) is 0. The van der Waals surface area contributed by atoms with Crippen LogP contribution in [0.3, 0.4) is 0 Å². The van der Waals surface area contributed by atoms with Crippen molar-refractivity contribution in [3.05, 3.63) is 41.5 Å². The molecule has 1 aromatic rings. The minimum Gasteiger partial charge on any atom is -0.296 e. The molecule has 1 unspecified atom stereocenters. The summed E-state index contributed by atoms with van der Waals surface area (Å²) in [6.07, 6.45) is 9.35. The number of carbonyl (C=O) groups is 1. The molecule has 1 saturated carbocycles. The van der Waals surface area contributed by atoms with Crippen molar-refractivity contribution in [3.8, 4) is 0 Å². The molecule has 104 valence electrons. The van der Waals surface area contributed by atoms with Gasteiger partial charge in [-0.2, -0.15) is 0 Å². The number of allylic oxidation sites excluding steroid dienone is 2. The van der Waals surface area contributed by atoms with Crippen LogP contribution in [0.5, 0.6) is 0 Å². The molecular weight excluding hydrogens is 265 g/mol. The molecular formula is C17H20NOP. The summed E-state index contributed by atoms with van der Waals surface area (Å²) in [6.45, 7) is 0. The number of benzene rings is 1. The van der Waals surface area contributed by atoms with Crippen LogP contribution in [-0.2, 0) is 10.2 Å². The smallest absolute Gasteiger partial charge is 0.241 e. The van der Waals surface area contributed by atoms with E-state index in [2.05, 4.69) is 33.7 Å². The fourth-order valence-corrected chi connectivity index (χ4v) is 5.04. The Morgan fingerprint density at radius 2 is 2.10 bits per heavy atom. The molecule has 1 amide bonds. The van der Waals surface area contributed by atoms with E-state index in [1.807, 2.05) is 10.7 Å². The molecule has 1 aromatic carbocycles. The number of carbonyl (C=O) groups excluding carboxylic acids is 1. The number of hydrogen-bond acceptors (Lipinski definition) is 1. The first-order valence-electron chi connectivity index (χ1n) is 7.63. The molecule has 3 aliphatic rings. The maximum atomic E-state index is 13.1. The van der Waals surface area contributed by atoms with Gasteiger partial charge in [-0.15, -0.1) is 0 Å². The van der Waals surface area contributed by atoms with E-state index in [1.165, 1.54) is 31.2 Å². The first kappa shape index (κ1) is 12.6. The van der Waals surface area contributed by atoms with Crippen molar-refractivity contribution >= 4 is 21.0 Å². The number of amides is 1. The Hall–Kier alpha value is -1.14. The normalized spacial score (nSPS) is 32.0. The fraction of sp³-hybridized carbons (Fsp3) is 0.471. The van der Waals surface area contributed by atoms with E-state index in [-0.39, 0.29) is 5.41 Å². The van der Waals surface area contributed by atoms with Crippen LogP contribution in [0.1, 0.15) is 44.1 Å². The van der Waals surface area contributed by atoms with Gasteiger partial charge in [0.05, 0.1) is 11.1 Å². The number of fused-ring (bicyclic) bond motifs is 4. The van der Waals surface area contributed by atoms with Crippen molar-refractivity contribution < 1.29 is 4.79 Å². The molecule has 0 aromatic heterocycles. The van der Waals surface area contributed by atoms with Gasteiger partial charge in [0, 0.05) is 0 Å². The maximum absolute atomic E-state index is 13.1.